The lowest BCUT2D eigenvalue weighted by atomic mass is 10.1. The van der Waals surface area contributed by atoms with Gasteiger partial charge in [-0.25, -0.2) is 0 Å². The van der Waals surface area contributed by atoms with Gasteiger partial charge in [-0.1, -0.05) is 5.16 Å². The molecule has 0 unspecified atom stereocenters. The van der Waals surface area contributed by atoms with Crippen molar-refractivity contribution in [1.29, 1.82) is 0 Å². The van der Waals surface area contributed by atoms with Crippen molar-refractivity contribution < 1.29 is 27.2 Å². The summed E-state index contributed by atoms with van der Waals surface area (Å²) in [6.45, 7) is 0. The lowest BCUT2D eigenvalue weighted by Crippen LogP contribution is -2.22. The molecule has 100 valence electrons. The third-order valence-electron chi connectivity index (χ3n) is 2.84. The molecule has 0 radical (unpaired) electrons. The summed E-state index contributed by atoms with van der Waals surface area (Å²) in [5.74, 6) is -0.488. The van der Waals surface area contributed by atoms with E-state index in [1.807, 2.05) is 0 Å². The number of carbonyl (C=O) groups excluding carboxylic acids is 1. The standard InChI is InChI=1S/C10H11F3N2O3/c1-17-8(16)9(4-5-9)7-14-6(15-18-7)2-3-10(11,12)13/h2-5H2,1H3. The van der Waals surface area contributed by atoms with Crippen LogP contribution in [-0.4, -0.2) is 29.4 Å². The zero-order chi connectivity index (χ0) is 13.4. The number of nitrogens with zero attached hydrogens (tertiary/aromatic N) is 2. The second-order valence-corrected chi connectivity index (χ2v) is 4.20. The summed E-state index contributed by atoms with van der Waals surface area (Å²) in [6.07, 6.45) is -4.61. The molecule has 0 amide bonds. The van der Waals surface area contributed by atoms with Crippen LogP contribution >= 0.6 is 0 Å². The maximum absolute atomic E-state index is 12.0. The molecule has 1 saturated carbocycles. The average molecular weight is 264 g/mol. The predicted octanol–water partition coefficient (Wildman–Crippen LogP) is 1.77. The Morgan fingerprint density at radius 2 is 2.17 bits per heavy atom. The molecule has 2 rings (SSSR count). The quantitative estimate of drug-likeness (QED) is 0.775. The van der Waals surface area contributed by atoms with E-state index in [1.165, 1.54) is 7.11 Å². The molecular weight excluding hydrogens is 253 g/mol. The van der Waals surface area contributed by atoms with Crippen LogP contribution in [0.2, 0.25) is 0 Å². The van der Waals surface area contributed by atoms with E-state index in [0.717, 1.165) is 0 Å². The van der Waals surface area contributed by atoms with Crippen molar-refractivity contribution in [2.24, 2.45) is 0 Å². The third kappa shape index (κ3) is 2.46. The molecule has 1 fully saturated rings. The van der Waals surface area contributed by atoms with Gasteiger partial charge in [-0.05, 0) is 12.8 Å². The molecule has 0 saturated heterocycles. The fourth-order valence-electron chi connectivity index (χ4n) is 1.63. The number of aryl methyl sites for hydroxylation is 1. The molecule has 0 aliphatic heterocycles. The molecule has 1 heterocycles. The maximum atomic E-state index is 12.0. The number of carbonyl (C=O) groups is 1. The van der Waals surface area contributed by atoms with E-state index >= 15 is 0 Å². The molecule has 0 spiro atoms. The van der Waals surface area contributed by atoms with Crippen LogP contribution in [0.15, 0.2) is 4.52 Å². The van der Waals surface area contributed by atoms with E-state index in [9.17, 15) is 18.0 Å². The second kappa shape index (κ2) is 4.25. The van der Waals surface area contributed by atoms with Gasteiger partial charge in [0.2, 0.25) is 5.89 Å². The molecule has 1 aromatic rings. The van der Waals surface area contributed by atoms with Gasteiger partial charge in [0.25, 0.3) is 0 Å². The summed E-state index contributed by atoms with van der Waals surface area (Å²) in [5, 5.41) is 3.45. The molecule has 0 N–H and O–H groups in total. The van der Waals surface area contributed by atoms with Crippen LogP contribution in [0.25, 0.3) is 0 Å². The van der Waals surface area contributed by atoms with Crippen LogP contribution in [-0.2, 0) is 21.4 Å². The highest BCUT2D eigenvalue weighted by Gasteiger charge is 2.57. The summed E-state index contributed by atoms with van der Waals surface area (Å²) in [6, 6.07) is 0. The average Bonchev–Trinajstić information content (AvgIpc) is 2.97. The molecule has 0 bridgehead atoms. The Hall–Kier alpha value is -1.60. The minimum Gasteiger partial charge on any atom is -0.468 e. The number of methoxy groups -OCH3 is 1. The van der Waals surface area contributed by atoms with Crippen molar-refractivity contribution in [3.63, 3.8) is 0 Å². The van der Waals surface area contributed by atoms with Crippen LogP contribution in [0.3, 0.4) is 0 Å². The Morgan fingerprint density at radius 3 is 2.67 bits per heavy atom. The van der Waals surface area contributed by atoms with Crippen molar-refractivity contribution in [3.8, 4) is 0 Å². The summed E-state index contributed by atoms with van der Waals surface area (Å²) < 4.78 is 45.5. The van der Waals surface area contributed by atoms with E-state index in [2.05, 4.69) is 14.9 Å². The van der Waals surface area contributed by atoms with Gasteiger partial charge in [-0.15, -0.1) is 0 Å². The largest absolute Gasteiger partial charge is 0.468 e. The Bertz CT molecular complexity index is 451. The topological polar surface area (TPSA) is 65.2 Å². The first-order chi connectivity index (χ1) is 8.37. The van der Waals surface area contributed by atoms with E-state index in [1.54, 1.807) is 0 Å². The first-order valence-corrected chi connectivity index (χ1v) is 5.36. The molecule has 0 aromatic carbocycles. The smallest absolute Gasteiger partial charge is 0.389 e. The van der Waals surface area contributed by atoms with Crippen molar-refractivity contribution >= 4 is 5.97 Å². The van der Waals surface area contributed by atoms with Crippen LogP contribution in [0.4, 0.5) is 13.2 Å². The lowest BCUT2D eigenvalue weighted by molar-refractivity contribution is -0.144. The summed E-state index contributed by atoms with van der Waals surface area (Å²) in [5.41, 5.74) is -0.932. The predicted molar refractivity (Wildman–Crippen MR) is 51.6 cm³/mol. The van der Waals surface area contributed by atoms with Crippen LogP contribution in [0, 0.1) is 0 Å². The zero-order valence-corrected chi connectivity index (χ0v) is 9.58. The third-order valence-corrected chi connectivity index (χ3v) is 2.84. The van der Waals surface area contributed by atoms with E-state index < -0.39 is 24.0 Å². The van der Waals surface area contributed by atoms with E-state index in [0.29, 0.717) is 12.8 Å². The van der Waals surface area contributed by atoms with Gasteiger partial charge < -0.3 is 9.26 Å². The number of alkyl halides is 3. The van der Waals surface area contributed by atoms with Gasteiger partial charge in [-0.3, -0.25) is 4.79 Å². The molecule has 5 nitrogen and oxygen atoms in total. The number of aromatic nitrogens is 2. The minimum absolute atomic E-state index is 0.0440. The Kier molecular flexibility index (Phi) is 3.04. The number of rotatable bonds is 4. The number of esters is 1. The van der Waals surface area contributed by atoms with Gasteiger partial charge in [0, 0.05) is 6.42 Å². The Balaban J connectivity index is 2.05. The van der Waals surface area contributed by atoms with Gasteiger partial charge in [-0.2, -0.15) is 18.2 Å². The number of halogens is 3. The minimum atomic E-state index is -4.26. The molecule has 8 heteroatoms. The first kappa shape index (κ1) is 12.8. The lowest BCUT2D eigenvalue weighted by Gasteiger charge is -2.05. The normalized spacial score (nSPS) is 17.6. The van der Waals surface area contributed by atoms with E-state index in [4.69, 9.17) is 4.52 Å². The fourth-order valence-corrected chi connectivity index (χ4v) is 1.63. The highest BCUT2D eigenvalue weighted by atomic mass is 19.4. The maximum Gasteiger partial charge on any atom is 0.389 e. The van der Waals surface area contributed by atoms with Gasteiger partial charge >= 0.3 is 12.1 Å². The molecule has 1 aromatic heterocycles. The molecule has 1 aliphatic rings. The fraction of sp³-hybridized carbons (Fsp3) is 0.700. The van der Waals surface area contributed by atoms with Crippen molar-refractivity contribution in [2.45, 2.75) is 37.3 Å². The monoisotopic (exact) mass is 264 g/mol. The molecular formula is C10H11F3N2O3. The van der Waals surface area contributed by atoms with Crippen molar-refractivity contribution in [2.75, 3.05) is 7.11 Å². The van der Waals surface area contributed by atoms with Crippen LogP contribution < -0.4 is 0 Å². The SMILES string of the molecule is COC(=O)C1(c2nc(CCC(F)(F)F)no2)CC1. The second-order valence-electron chi connectivity index (χ2n) is 4.20. The summed E-state index contributed by atoms with van der Waals surface area (Å²) in [7, 11) is 1.24. The highest BCUT2D eigenvalue weighted by molar-refractivity contribution is 5.85. The van der Waals surface area contributed by atoms with Crippen LogP contribution in [0.1, 0.15) is 31.0 Å². The Morgan fingerprint density at radius 1 is 1.50 bits per heavy atom. The van der Waals surface area contributed by atoms with Crippen molar-refractivity contribution in [3.05, 3.63) is 11.7 Å². The van der Waals surface area contributed by atoms with Gasteiger partial charge in [0.1, 0.15) is 5.41 Å². The number of hydrogen-bond donors (Lipinski definition) is 0. The van der Waals surface area contributed by atoms with E-state index in [-0.39, 0.29) is 18.1 Å². The van der Waals surface area contributed by atoms with Crippen molar-refractivity contribution in [1.82, 2.24) is 10.1 Å². The van der Waals surface area contributed by atoms with Gasteiger partial charge in [0.15, 0.2) is 5.82 Å². The summed E-state index contributed by atoms with van der Waals surface area (Å²) >= 11 is 0. The summed E-state index contributed by atoms with van der Waals surface area (Å²) in [4.78, 5) is 15.3. The highest BCUT2D eigenvalue weighted by Crippen LogP contribution is 2.48. The Labute approximate surface area is 100 Å². The first-order valence-electron chi connectivity index (χ1n) is 5.36. The zero-order valence-electron chi connectivity index (χ0n) is 9.58. The molecule has 18 heavy (non-hydrogen) atoms. The molecule has 0 atom stereocenters. The number of ether oxygens (including phenoxy) is 1. The number of hydrogen-bond acceptors (Lipinski definition) is 5. The van der Waals surface area contributed by atoms with Gasteiger partial charge in [0.05, 0.1) is 13.5 Å². The van der Waals surface area contributed by atoms with Crippen LogP contribution in [0.5, 0.6) is 0 Å². The molecule has 1 aliphatic carbocycles.